The van der Waals surface area contributed by atoms with Gasteiger partial charge in [0.2, 0.25) is 0 Å². The Bertz CT molecular complexity index is 444. The van der Waals surface area contributed by atoms with Crippen LogP contribution in [0, 0.1) is 0 Å². The molecule has 0 aromatic heterocycles. The third kappa shape index (κ3) is 3.54. The number of methoxy groups -OCH3 is 1. The topological polar surface area (TPSA) is 99.4 Å². The van der Waals surface area contributed by atoms with E-state index in [-0.39, 0.29) is 24.5 Å². The molecule has 0 heterocycles. The molecule has 98 valence electrons. The summed E-state index contributed by atoms with van der Waals surface area (Å²) in [5, 5.41) is 27.5. The van der Waals surface area contributed by atoms with Crippen LogP contribution in [0.4, 0.5) is 0 Å². The second kappa shape index (κ2) is 6.73. The van der Waals surface area contributed by atoms with Gasteiger partial charge >= 0.3 is 0 Å². The predicted octanol–water partition coefficient (Wildman–Crippen LogP) is -0.0146. The molecule has 0 spiro atoms. The van der Waals surface area contributed by atoms with Gasteiger partial charge in [-0.25, -0.2) is 0 Å². The highest BCUT2D eigenvalue weighted by atomic mass is 16.5. The number of benzene rings is 1. The van der Waals surface area contributed by atoms with Crippen molar-refractivity contribution in [3.63, 3.8) is 0 Å². The minimum atomic E-state index is -0.945. The van der Waals surface area contributed by atoms with Crippen LogP contribution in [0.5, 0.6) is 11.5 Å². The molecular formula is C12H15NO5. The average Bonchev–Trinajstić information content (AvgIpc) is 2.40. The normalized spacial score (nSPS) is 12.6. The van der Waals surface area contributed by atoms with Crippen LogP contribution in [0.2, 0.25) is 0 Å². The summed E-state index contributed by atoms with van der Waals surface area (Å²) < 4.78 is 4.98. The molecule has 0 radical (unpaired) electrons. The molecule has 0 aliphatic heterocycles. The van der Waals surface area contributed by atoms with Gasteiger partial charge in [-0.1, -0.05) is 0 Å². The predicted molar refractivity (Wildman–Crippen MR) is 65.6 cm³/mol. The smallest absolute Gasteiger partial charge is 0.153 e. The Morgan fingerprint density at radius 2 is 2.11 bits per heavy atom. The number of aromatic hydroxyl groups is 1. The maximum atomic E-state index is 10.7. The first-order valence-corrected chi connectivity index (χ1v) is 5.27. The van der Waals surface area contributed by atoms with Gasteiger partial charge in [0.25, 0.3) is 0 Å². The molecule has 0 saturated carbocycles. The van der Waals surface area contributed by atoms with Crippen molar-refractivity contribution in [2.45, 2.75) is 6.10 Å². The van der Waals surface area contributed by atoms with Crippen LogP contribution in [-0.4, -0.2) is 54.2 Å². The van der Waals surface area contributed by atoms with Gasteiger partial charge in [0.05, 0.1) is 31.9 Å². The number of hydrogen-bond acceptors (Lipinski definition) is 6. The first-order chi connectivity index (χ1) is 8.62. The Kier molecular flexibility index (Phi) is 5.29. The SMILES string of the molecule is COc1cc(C=O)c(O)c(C=NCC(O)CO)c1. The van der Waals surface area contributed by atoms with Crippen LogP contribution >= 0.6 is 0 Å². The fourth-order valence-electron chi connectivity index (χ4n) is 1.29. The van der Waals surface area contributed by atoms with E-state index in [9.17, 15) is 9.90 Å². The number of aldehydes is 1. The summed E-state index contributed by atoms with van der Waals surface area (Å²) in [6, 6.07) is 2.92. The van der Waals surface area contributed by atoms with Crippen molar-refractivity contribution in [2.75, 3.05) is 20.3 Å². The highest BCUT2D eigenvalue weighted by Crippen LogP contribution is 2.25. The summed E-state index contributed by atoms with van der Waals surface area (Å²) in [4.78, 5) is 14.6. The third-order valence-electron chi connectivity index (χ3n) is 2.26. The van der Waals surface area contributed by atoms with Crippen molar-refractivity contribution in [3.8, 4) is 11.5 Å². The Labute approximate surface area is 104 Å². The number of aliphatic imine (C=N–C) groups is 1. The van der Waals surface area contributed by atoms with Gasteiger partial charge in [-0.15, -0.1) is 0 Å². The minimum absolute atomic E-state index is 0.00354. The van der Waals surface area contributed by atoms with E-state index in [4.69, 9.17) is 14.9 Å². The van der Waals surface area contributed by atoms with Gasteiger partial charge in [0.1, 0.15) is 11.5 Å². The van der Waals surface area contributed by atoms with Crippen molar-refractivity contribution < 1.29 is 24.9 Å². The van der Waals surface area contributed by atoms with Gasteiger partial charge in [-0.3, -0.25) is 9.79 Å². The third-order valence-corrected chi connectivity index (χ3v) is 2.26. The lowest BCUT2D eigenvalue weighted by atomic mass is 10.1. The highest BCUT2D eigenvalue weighted by Gasteiger charge is 2.08. The second-order valence-electron chi connectivity index (χ2n) is 3.60. The van der Waals surface area contributed by atoms with Gasteiger partial charge in [0, 0.05) is 11.8 Å². The van der Waals surface area contributed by atoms with Crippen molar-refractivity contribution in [1.29, 1.82) is 0 Å². The molecule has 0 aliphatic carbocycles. The maximum Gasteiger partial charge on any atom is 0.153 e. The van der Waals surface area contributed by atoms with Gasteiger partial charge < -0.3 is 20.1 Å². The number of phenols is 1. The Balaban J connectivity index is 2.96. The van der Waals surface area contributed by atoms with Crippen molar-refractivity contribution >= 4 is 12.5 Å². The quantitative estimate of drug-likeness (QED) is 0.489. The number of nitrogens with zero attached hydrogens (tertiary/aromatic N) is 1. The number of carbonyl (C=O) groups is 1. The molecule has 6 heteroatoms. The lowest BCUT2D eigenvalue weighted by Gasteiger charge is -2.06. The van der Waals surface area contributed by atoms with Crippen LogP contribution < -0.4 is 4.74 Å². The van der Waals surface area contributed by atoms with E-state index < -0.39 is 6.10 Å². The molecule has 1 aromatic carbocycles. The lowest BCUT2D eigenvalue weighted by molar-refractivity contribution is 0.102. The molecule has 1 unspecified atom stereocenters. The summed E-state index contributed by atoms with van der Waals surface area (Å²) in [6.07, 6.45) is 0.876. The molecule has 1 atom stereocenters. The number of carbonyl (C=O) groups excluding carboxylic acids is 1. The van der Waals surface area contributed by atoms with Gasteiger partial charge in [-0.05, 0) is 12.1 Å². The largest absolute Gasteiger partial charge is 0.507 e. The summed E-state index contributed by atoms with van der Waals surface area (Å²) in [6.45, 7) is -0.384. The van der Waals surface area contributed by atoms with E-state index >= 15 is 0 Å². The average molecular weight is 253 g/mol. The summed E-state index contributed by atoms with van der Waals surface area (Å²) >= 11 is 0. The van der Waals surface area contributed by atoms with Crippen LogP contribution in [0.25, 0.3) is 0 Å². The molecule has 0 aliphatic rings. The molecule has 0 bridgehead atoms. The molecular weight excluding hydrogens is 238 g/mol. The summed E-state index contributed by atoms with van der Waals surface area (Å²) in [5.41, 5.74) is 0.403. The molecule has 0 amide bonds. The zero-order valence-corrected chi connectivity index (χ0v) is 9.91. The minimum Gasteiger partial charge on any atom is -0.507 e. The standard InChI is InChI=1S/C12H15NO5/c1-18-11-2-8(4-13-5-10(16)7-15)12(17)9(3-11)6-14/h2-4,6,10,15-17H,5,7H2,1H3. The zero-order chi connectivity index (χ0) is 13.5. The van der Waals surface area contributed by atoms with E-state index in [0.29, 0.717) is 17.6 Å². The number of rotatable bonds is 6. The van der Waals surface area contributed by atoms with Crippen molar-refractivity contribution in [3.05, 3.63) is 23.3 Å². The molecule has 1 aromatic rings. The van der Waals surface area contributed by atoms with Crippen molar-refractivity contribution in [1.82, 2.24) is 0 Å². The molecule has 1 rings (SSSR count). The second-order valence-corrected chi connectivity index (χ2v) is 3.60. The number of aliphatic hydroxyl groups is 2. The molecule has 0 fully saturated rings. The molecule has 3 N–H and O–H groups in total. The van der Waals surface area contributed by atoms with Crippen LogP contribution in [0.1, 0.15) is 15.9 Å². The number of aliphatic hydroxyl groups excluding tert-OH is 2. The maximum absolute atomic E-state index is 10.7. The monoisotopic (exact) mass is 253 g/mol. The number of ether oxygens (including phenoxy) is 1. The molecule has 6 nitrogen and oxygen atoms in total. The van der Waals surface area contributed by atoms with Gasteiger partial charge in [0.15, 0.2) is 6.29 Å². The Morgan fingerprint density at radius 1 is 1.44 bits per heavy atom. The molecule has 18 heavy (non-hydrogen) atoms. The summed E-state index contributed by atoms with van der Waals surface area (Å²) in [7, 11) is 1.44. The van der Waals surface area contributed by atoms with Crippen molar-refractivity contribution in [2.24, 2.45) is 4.99 Å². The fraction of sp³-hybridized carbons (Fsp3) is 0.333. The van der Waals surface area contributed by atoms with E-state index in [1.165, 1.54) is 25.5 Å². The van der Waals surface area contributed by atoms with Crippen LogP contribution in [0.15, 0.2) is 17.1 Å². The number of phenolic OH excluding ortho intramolecular Hbond substituents is 1. The Morgan fingerprint density at radius 3 is 2.67 bits per heavy atom. The fourth-order valence-corrected chi connectivity index (χ4v) is 1.29. The van der Waals surface area contributed by atoms with E-state index in [0.717, 1.165) is 0 Å². The van der Waals surface area contributed by atoms with E-state index in [1.54, 1.807) is 0 Å². The first kappa shape index (κ1) is 14.1. The van der Waals surface area contributed by atoms with Gasteiger partial charge in [-0.2, -0.15) is 0 Å². The first-order valence-electron chi connectivity index (χ1n) is 5.27. The zero-order valence-electron chi connectivity index (χ0n) is 9.91. The van der Waals surface area contributed by atoms with Crippen LogP contribution in [0.3, 0.4) is 0 Å². The van der Waals surface area contributed by atoms with E-state index in [1.807, 2.05) is 0 Å². The number of hydrogen-bond donors (Lipinski definition) is 3. The van der Waals surface area contributed by atoms with Crippen LogP contribution in [-0.2, 0) is 0 Å². The molecule has 0 saturated heterocycles. The van der Waals surface area contributed by atoms with E-state index in [2.05, 4.69) is 4.99 Å². The Hall–Kier alpha value is -1.92. The summed E-state index contributed by atoms with van der Waals surface area (Å²) in [5.74, 6) is 0.215. The highest BCUT2D eigenvalue weighted by molar-refractivity contribution is 5.91. The lowest BCUT2D eigenvalue weighted by Crippen LogP contribution is -2.15.